The van der Waals surface area contributed by atoms with E-state index in [9.17, 15) is 0 Å². The zero-order valence-corrected chi connectivity index (χ0v) is 26.7. The number of aromatic nitrogens is 3. The van der Waals surface area contributed by atoms with Gasteiger partial charge in [-0.3, -0.25) is 4.57 Å². The van der Waals surface area contributed by atoms with E-state index >= 15 is 0 Å². The Hall–Kier alpha value is -5.84. The highest BCUT2D eigenvalue weighted by atomic mass is 32.1. The molecular weight excluding hydrogens is 603 g/mol. The molecule has 224 valence electrons. The quantitative estimate of drug-likeness (QED) is 0.178. The number of hydrogen-bond acceptors (Lipinski definition) is 3. The molecule has 0 N–H and O–H groups in total. The molecule has 2 aliphatic rings. The van der Waals surface area contributed by atoms with Gasteiger partial charge >= 0.3 is 0 Å². The van der Waals surface area contributed by atoms with Crippen molar-refractivity contribution in [3.8, 4) is 5.95 Å². The van der Waals surface area contributed by atoms with Crippen LogP contribution in [0.5, 0.6) is 0 Å². The molecule has 1 unspecified atom stereocenters. The lowest BCUT2D eigenvalue weighted by molar-refractivity contribution is 0.782. The number of nitrogens with zero attached hydrogens (tertiary/aromatic N) is 3. The first kappa shape index (κ1) is 26.3. The van der Waals surface area contributed by atoms with Gasteiger partial charge in [0.05, 0.1) is 26.9 Å². The van der Waals surface area contributed by atoms with Crippen molar-refractivity contribution in [3.05, 3.63) is 157 Å². The lowest BCUT2D eigenvalue weighted by atomic mass is 9.84. The van der Waals surface area contributed by atoms with Crippen molar-refractivity contribution < 1.29 is 0 Å². The van der Waals surface area contributed by atoms with Crippen molar-refractivity contribution in [2.75, 3.05) is 0 Å². The summed E-state index contributed by atoms with van der Waals surface area (Å²) in [5.74, 6) is 1.11. The Morgan fingerprint density at radius 2 is 1.40 bits per heavy atom. The number of benzene rings is 6. The van der Waals surface area contributed by atoms with Gasteiger partial charge in [-0.1, -0.05) is 121 Å². The molecule has 6 aromatic carbocycles. The summed E-state index contributed by atoms with van der Waals surface area (Å²) in [6, 6.07) is 39.4. The van der Waals surface area contributed by atoms with Crippen LogP contribution in [0.25, 0.3) is 85.9 Å². The fourth-order valence-corrected chi connectivity index (χ4v) is 9.42. The molecule has 3 nitrogen and oxygen atoms in total. The van der Waals surface area contributed by atoms with Crippen molar-refractivity contribution in [3.63, 3.8) is 0 Å². The van der Waals surface area contributed by atoms with Gasteiger partial charge in [0.15, 0.2) is 0 Å². The molecule has 3 aromatic heterocycles. The normalized spacial score (nSPS) is 16.1. The van der Waals surface area contributed by atoms with Crippen LogP contribution in [0, 0.1) is 5.92 Å². The maximum atomic E-state index is 5.60. The van der Waals surface area contributed by atoms with Crippen molar-refractivity contribution >= 4 is 91.3 Å². The first-order valence-electron chi connectivity index (χ1n) is 16.5. The maximum absolute atomic E-state index is 5.60. The Balaban J connectivity index is 1.32. The number of thiophene rings is 1. The molecule has 0 bridgehead atoms. The Kier molecular flexibility index (Phi) is 5.38. The Morgan fingerprint density at radius 3 is 2.29 bits per heavy atom. The monoisotopic (exact) mass is 629 g/mol. The predicted molar refractivity (Wildman–Crippen MR) is 204 cm³/mol. The van der Waals surface area contributed by atoms with Crippen LogP contribution in [0.15, 0.2) is 151 Å². The van der Waals surface area contributed by atoms with Crippen LogP contribution < -0.4 is 0 Å². The van der Waals surface area contributed by atoms with E-state index in [1.54, 1.807) is 0 Å². The standard InChI is InChI=1S/C44H27N3S/c1-2-13-28-25-29(22-21-26(28)11-1)41-40-30-14-4-3-12-27(30)23-24-35(40)45-44(46-41)47-36-19-9-7-17-33(36)38-31-15-5-6-16-32(31)39-34-18-8-10-20-37(34)48-43(39)42(38)47/h1-20,22-26H,21H2. The molecule has 0 fully saturated rings. The third-order valence-corrected chi connectivity index (χ3v) is 11.5. The van der Waals surface area contributed by atoms with Crippen LogP contribution in [0.4, 0.5) is 0 Å². The summed E-state index contributed by atoms with van der Waals surface area (Å²) >= 11 is 1.87. The van der Waals surface area contributed by atoms with E-state index in [4.69, 9.17) is 9.97 Å². The number of allylic oxidation sites excluding steroid dienone is 8. The average Bonchev–Trinajstić information content (AvgIpc) is 3.71. The summed E-state index contributed by atoms with van der Waals surface area (Å²) in [4.78, 5) is 11.0. The van der Waals surface area contributed by atoms with Crippen LogP contribution >= 0.6 is 11.3 Å². The minimum Gasteiger partial charge on any atom is -0.276 e. The SMILES string of the molecule is C1=CC2=CC(c3nc(-n4c5ccccc5c5c6ccccc6c6c7ccccc7sc6c54)nc4ccc5ccccc5c34)=CCC2C=C1. The van der Waals surface area contributed by atoms with E-state index in [0.29, 0.717) is 11.9 Å². The number of para-hydroxylation sites is 1. The first-order chi connectivity index (χ1) is 23.8. The Labute approximate surface area is 280 Å². The second-order valence-corrected chi connectivity index (χ2v) is 13.9. The highest BCUT2D eigenvalue weighted by Gasteiger charge is 2.25. The molecule has 9 aromatic rings. The molecule has 1 atom stereocenters. The van der Waals surface area contributed by atoms with Crippen LogP contribution in [0.1, 0.15) is 12.1 Å². The summed E-state index contributed by atoms with van der Waals surface area (Å²) in [5.41, 5.74) is 6.72. The van der Waals surface area contributed by atoms with E-state index in [0.717, 1.165) is 34.1 Å². The molecule has 2 aliphatic carbocycles. The van der Waals surface area contributed by atoms with Crippen LogP contribution in [-0.4, -0.2) is 14.5 Å². The molecule has 0 aliphatic heterocycles. The molecule has 0 saturated carbocycles. The zero-order valence-electron chi connectivity index (χ0n) is 25.9. The van der Waals surface area contributed by atoms with Gasteiger partial charge in [0.2, 0.25) is 5.95 Å². The van der Waals surface area contributed by atoms with Crippen molar-refractivity contribution in [1.29, 1.82) is 0 Å². The fourth-order valence-electron chi connectivity index (χ4n) is 8.16. The van der Waals surface area contributed by atoms with Gasteiger partial charge in [-0.05, 0) is 63.4 Å². The van der Waals surface area contributed by atoms with Gasteiger partial charge in [0.25, 0.3) is 0 Å². The molecule has 4 heteroatoms. The predicted octanol–water partition coefficient (Wildman–Crippen LogP) is 11.9. The summed E-state index contributed by atoms with van der Waals surface area (Å²) < 4.78 is 4.90. The van der Waals surface area contributed by atoms with Gasteiger partial charge in [-0.2, -0.15) is 0 Å². The van der Waals surface area contributed by atoms with Gasteiger partial charge < -0.3 is 0 Å². The van der Waals surface area contributed by atoms with Crippen LogP contribution in [0.3, 0.4) is 0 Å². The van der Waals surface area contributed by atoms with Crippen molar-refractivity contribution in [2.24, 2.45) is 5.92 Å². The Bertz CT molecular complexity index is 2990. The topological polar surface area (TPSA) is 30.7 Å². The number of rotatable bonds is 2. The molecule has 0 amide bonds. The van der Waals surface area contributed by atoms with E-state index in [1.807, 2.05) is 11.3 Å². The second-order valence-electron chi connectivity index (χ2n) is 12.9. The lowest BCUT2D eigenvalue weighted by Crippen LogP contribution is -2.09. The van der Waals surface area contributed by atoms with E-state index in [2.05, 4.69) is 150 Å². The summed E-state index contributed by atoms with van der Waals surface area (Å²) in [7, 11) is 0. The van der Waals surface area contributed by atoms with Gasteiger partial charge in [0.1, 0.15) is 0 Å². The minimum absolute atomic E-state index is 0.412. The highest BCUT2D eigenvalue weighted by Crippen LogP contribution is 2.48. The van der Waals surface area contributed by atoms with Crippen molar-refractivity contribution in [1.82, 2.24) is 14.5 Å². The number of hydrogen-bond donors (Lipinski definition) is 0. The smallest absolute Gasteiger partial charge is 0.235 e. The molecule has 11 rings (SSSR count). The van der Waals surface area contributed by atoms with Gasteiger partial charge in [-0.25, -0.2) is 9.97 Å². The van der Waals surface area contributed by atoms with Gasteiger partial charge in [0, 0.05) is 37.5 Å². The second kappa shape index (κ2) is 9.83. The van der Waals surface area contributed by atoms with Crippen molar-refractivity contribution in [2.45, 2.75) is 6.42 Å². The summed E-state index contributed by atoms with van der Waals surface area (Å²) in [6.07, 6.45) is 14.5. The summed E-state index contributed by atoms with van der Waals surface area (Å²) in [6.45, 7) is 0. The molecule has 3 heterocycles. The minimum atomic E-state index is 0.412. The van der Waals surface area contributed by atoms with E-state index in [-0.39, 0.29) is 0 Å². The van der Waals surface area contributed by atoms with E-state index < -0.39 is 0 Å². The fraction of sp³-hybridized carbons (Fsp3) is 0.0455. The van der Waals surface area contributed by atoms with Crippen LogP contribution in [0.2, 0.25) is 0 Å². The average molecular weight is 630 g/mol. The largest absolute Gasteiger partial charge is 0.276 e. The van der Waals surface area contributed by atoms with Crippen LogP contribution in [-0.2, 0) is 0 Å². The molecular formula is C44H27N3S. The Morgan fingerprint density at radius 1 is 0.646 bits per heavy atom. The highest BCUT2D eigenvalue weighted by molar-refractivity contribution is 7.27. The maximum Gasteiger partial charge on any atom is 0.235 e. The van der Waals surface area contributed by atoms with Gasteiger partial charge in [-0.15, -0.1) is 11.3 Å². The lowest BCUT2D eigenvalue weighted by Gasteiger charge is -2.22. The third kappa shape index (κ3) is 3.58. The third-order valence-electron chi connectivity index (χ3n) is 10.3. The summed E-state index contributed by atoms with van der Waals surface area (Å²) in [5, 5.41) is 11.1. The molecule has 0 spiro atoms. The molecule has 0 radical (unpaired) electrons. The number of fused-ring (bicyclic) bond motifs is 14. The van der Waals surface area contributed by atoms with E-state index in [1.165, 1.54) is 63.6 Å². The zero-order chi connectivity index (χ0) is 31.3. The molecule has 48 heavy (non-hydrogen) atoms. The first-order valence-corrected chi connectivity index (χ1v) is 17.4. The molecule has 0 saturated heterocycles.